The van der Waals surface area contributed by atoms with Crippen molar-refractivity contribution in [2.75, 3.05) is 24.4 Å². The number of amides is 1. The second kappa shape index (κ2) is 7.40. The Kier molecular flexibility index (Phi) is 5.29. The number of nitrogens with one attached hydrogen (secondary N) is 2. The van der Waals surface area contributed by atoms with Crippen LogP contribution < -0.4 is 10.6 Å². The van der Waals surface area contributed by atoms with Gasteiger partial charge in [-0.05, 0) is 42.8 Å². The van der Waals surface area contributed by atoms with Crippen molar-refractivity contribution in [2.24, 2.45) is 0 Å². The first-order valence-corrected chi connectivity index (χ1v) is 6.74. The highest BCUT2D eigenvalue weighted by Gasteiger charge is 2.06. The molecule has 0 spiro atoms. The average molecular weight is 285 g/mol. The van der Waals surface area contributed by atoms with Gasteiger partial charge in [0.2, 0.25) is 5.91 Å². The third kappa shape index (κ3) is 4.57. The lowest BCUT2D eigenvalue weighted by molar-refractivity contribution is -0.119. The maximum atomic E-state index is 11.5. The maximum Gasteiger partial charge on any atom is 0.250 e. The van der Waals surface area contributed by atoms with Crippen molar-refractivity contribution in [1.82, 2.24) is 4.98 Å². The summed E-state index contributed by atoms with van der Waals surface area (Å²) in [5, 5.41) is 6.18. The number of methoxy groups -OCH3 is 1. The Balaban J connectivity index is 2.02. The SMILES string of the molecule is COCC(=O)Nc1cccc(NC(C)c2ccncc2)c1. The molecular weight excluding hydrogens is 266 g/mol. The number of aromatic nitrogens is 1. The molecule has 1 aromatic carbocycles. The number of ether oxygens (including phenoxy) is 1. The Hall–Kier alpha value is -2.40. The molecule has 1 unspecified atom stereocenters. The molecule has 1 heterocycles. The first-order chi connectivity index (χ1) is 10.2. The molecule has 0 saturated carbocycles. The van der Waals surface area contributed by atoms with Crippen LogP contribution in [0.25, 0.3) is 0 Å². The summed E-state index contributed by atoms with van der Waals surface area (Å²) in [5.74, 6) is -0.170. The number of carbonyl (C=O) groups is 1. The summed E-state index contributed by atoms with van der Waals surface area (Å²) in [5.41, 5.74) is 2.83. The van der Waals surface area contributed by atoms with Crippen LogP contribution in [-0.4, -0.2) is 24.6 Å². The molecule has 0 aliphatic carbocycles. The molecule has 1 aromatic heterocycles. The fourth-order valence-corrected chi connectivity index (χ4v) is 2.00. The number of pyridine rings is 1. The third-order valence-corrected chi connectivity index (χ3v) is 3.01. The van der Waals surface area contributed by atoms with E-state index >= 15 is 0 Å². The first kappa shape index (κ1) is 15.0. The normalized spacial score (nSPS) is 11.7. The summed E-state index contributed by atoms with van der Waals surface area (Å²) < 4.78 is 4.79. The quantitative estimate of drug-likeness (QED) is 0.856. The minimum atomic E-state index is -0.170. The van der Waals surface area contributed by atoms with E-state index in [1.165, 1.54) is 7.11 Å². The smallest absolute Gasteiger partial charge is 0.250 e. The van der Waals surface area contributed by atoms with Gasteiger partial charge < -0.3 is 15.4 Å². The molecular formula is C16H19N3O2. The van der Waals surface area contributed by atoms with Gasteiger partial charge in [0.1, 0.15) is 6.61 Å². The molecule has 0 saturated heterocycles. The van der Waals surface area contributed by atoms with Gasteiger partial charge in [-0.1, -0.05) is 6.07 Å². The molecule has 2 aromatic rings. The van der Waals surface area contributed by atoms with E-state index in [2.05, 4.69) is 22.5 Å². The van der Waals surface area contributed by atoms with Crippen LogP contribution in [0.3, 0.4) is 0 Å². The van der Waals surface area contributed by atoms with Gasteiger partial charge in [0.05, 0.1) is 0 Å². The van der Waals surface area contributed by atoms with Gasteiger partial charge in [-0.15, -0.1) is 0 Å². The molecule has 0 bridgehead atoms. The molecule has 1 amide bonds. The van der Waals surface area contributed by atoms with E-state index < -0.39 is 0 Å². The van der Waals surface area contributed by atoms with Gasteiger partial charge in [-0.25, -0.2) is 0 Å². The van der Waals surface area contributed by atoms with Crippen LogP contribution in [0.4, 0.5) is 11.4 Å². The monoisotopic (exact) mass is 285 g/mol. The first-order valence-electron chi connectivity index (χ1n) is 6.74. The molecule has 1 atom stereocenters. The minimum Gasteiger partial charge on any atom is -0.378 e. The van der Waals surface area contributed by atoms with Crippen molar-refractivity contribution >= 4 is 17.3 Å². The second-order valence-electron chi connectivity index (χ2n) is 4.71. The minimum absolute atomic E-state index is 0.0467. The number of nitrogens with zero attached hydrogens (tertiary/aromatic N) is 1. The predicted octanol–water partition coefficient (Wildman–Crippen LogP) is 2.84. The lowest BCUT2D eigenvalue weighted by Gasteiger charge is -2.16. The molecule has 0 aliphatic rings. The van der Waals surface area contributed by atoms with Crippen molar-refractivity contribution in [3.05, 3.63) is 54.4 Å². The van der Waals surface area contributed by atoms with Crippen molar-refractivity contribution in [2.45, 2.75) is 13.0 Å². The van der Waals surface area contributed by atoms with Gasteiger partial charge in [0, 0.05) is 36.9 Å². The number of rotatable bonds is 6. The summed E-state index contributed by atoms with van der Waals surface area (Å²) in [6.45, 7) is 2.12. The summed E-state index contributed by atoms with van der Waals surface area (Å²) in [6, 6.07) is 11.7. The Morgan fingerprint density at radius 3 is 2.67 bits per heavy atom. The number of carbonyl (C=O) groups excluding carboxylic acids is 1. The second-order valence-corrected chi connectivity index (χ2v) is 4.71. The van der Waals surface area contributed by atoms with Gasteiger partial charge in [-0.3, -0.25) is 9.78 Å². The van der Waals surface area contributed by atoms with E-state index in [1.807, 2.05) is 36.4 Å². The van der Waals surface area contributed by atoms with E-state index in [9.17, 15) is 4.79 Å². The molecule has 110 valence electrons. The highest BCUT2D eigenvalue weighted by Crippen LogP contribution is 2.21. The number of benzene rings is 1. The lowest BCUT2D eigenvalue weighted by atomic mass is 10.1. The predicted molar refractivity (Wildman–Crippen MR) is 83.2 cm³/mol. The van der Waals surface area contributed by atoms with Gasteiger partial charge in [0.15, 0.2) is 0 Å². The van der Waals surface area contributed by atoms with E-state index in [1.54, 1.807) is 12.4 Å². The van der Waals surface area contributed by atoms with Gasteiger partial charge in [0.25, 0.3) is 0 Å². The van der Waals surface area contributed by atoms with E-state index in [4.69, 9.17) is 4.74 Å². The molecule has 0 radical (unpaired) electrons. The van der Waals surface area contributed by atoms with Crippen LogP contribution in [0.5, 0.6) is 0 Å². The Labute approximate surface area is 124 Å². The Bertz CT molecular complexity index is 587. The zero-order chi connectivity index (χ0) is 15.1. The highest BCUT2D eigenvalue weighted by atomic mass is 16.5. The zero-order valence-electron chi connectivity index (χ0n) is 12.2. The highest BCUT2D eigenvalue weighted by molar-refractivity contribution is 5.92. The molecule has 0 aliphatic heterocycles. The lowest BCUT2D eigenvalue weighted by Crippen LogP contribution is -2.17. The maximum absolute atomic E-state index is 11.5. The van der Waals surface area contributed by atoms with E-state index in [0.717, 1.165) is 16.9 Å². The van der Waals surface area contributed by atoms with Crippen molar-refractivity contribution in [3.63, 3.8) is 0 Å². The van der Waals surface area contributed by atoms with Crippen LogP contribution in [-0.2, 0) is 9.53 Å². The van der Waals surface area contributed by atoms with Gasteiger partial charge >= 0.3 is 0 Å². The molecule has 2 rings (SSSR count). The standard InChI is InChI=1S/C16H19N3O2/c1-12(13-6-8-17-9-7-13)18-14-4-3-5-15(10-14)19-16(20)11-21-2/h3-10,12,18H,11H2,1-2H3,(H,19,20). The van der Waals surface area contributed by atoms with Crippen LogP contribution in [0.2, 0.25) is 0 Å². The van der Waals surface area contributed by atoms with Crippen LogP contribution in [0, 0.1) is 0 Å². The van der Waals surface area contributed by atoms with Crippen LogP contribution in [0.1, 0.15) is 18.5 Å². The molecule has 2 N–H and O–H groups in total. The van der Waals surface area contributed by atoms with Crippen molar-refractivity contribution in [1.29, 1.82) is 0 Å². The molecule has 5 heteroatoms. The molecule has 21 heavy (non-hydrogen) atoms. The number of anilines is 2. The van der Waals surface area contributed by atoms with Crippen LogP contribution in [0.15, 0.2) is 48.8 Å². The van der Waals surface area contributed by atoms with E-state index in [0.29, 0.717) is 0 Å². The fourth-order valence-electron chi connectivity index (χ4n) is 2.00. The largest absolute Gasteiger partial charge is 0.378 e. The molecule has 0 fully saturated rings. The summed E-state index contributed by atoms with van der Waals surface area (Å²) in [6.07, 6.45) is 3.55. The average Bonchev–Trinajstić information content (AvgIpc) is 2.48. The Morgan fingerprint density at radius 1 is 1.24 bits per heavy atom. The fraction of sp³-hybridized carbons (Fsp3) is 0.250. The number of hydrogen-bond acceptors (Lipinski definition) is 4. The molecule has 5 nitrogen and oxygen atoms in total. The van der Waals surface area contributed by atoms with Gasteiger partial charge in [-0.2, -0.15) is 0 Å². The van der Waals surface area contributed by atoms with E-state index in [-0.39, 0.29) is 18.6 Å². The van der Waals surface area contributed by atoms with Crippen LogP contribution >= 0.6 is 0 Å². The summed E-state index contributed by atoms with van der Waals surface area (Å²) in [4.78, 5) is 15.5. The Morgan fingerprint density at radius 2 is 1.95 bits per heavy atom. The summed E-state index contributed by atoms with van der Waals surface area (Å²) >= 11 is 0. The topological polar surface area (TPSA) is 63.2 Å². The van der Waals surface area contributed by atoms with Crippen molar-refractivity contribution in [3.8, 4) is 0 Å². The van der Waals surface area contributed by atoms with Crippen molar-refractivity contribution < 1.29 is 9.53 Å². The number of hydrogen-bond donors (Lipinski definition) is 2. The zero-order valence-corrected chi connectivity index (χ0v) is 12.2. The third-order valence-electron chi connectivity index (χ3n) is 3.01. The summed E-state index contributed by atoms with van der Waals surface area (Å²) in [7, 11) is 1.49.